The van der Waals surface area contributed by atoms with Gasteiger partial charge < -0.3 is 34.8 Å². The number of carboxylic acids is 2. The Morgan fingerprint density at radius 2 is 1.91 bits per heavy atom. The standard InChI is InChI=1S/C23H24N2O4.C2H4O2/c1-13(2)12-29-19-9-8-14(10-20(19)28-3)21-22-16(11-18(25-21)23(26)27)15-6-4-5-7-17(15)24-22;1-2(3)4/h4-10,18,21,24-25H,1,11-12H2,2-3H3,(H,26,27);1H3,(H,3,4). The molecular weight excluding hydrogens is 424 g/mol. The van der Waals surface area contributed by atoms with Crippen LogP contribution in [0.4, 0.5) is 0 Å². The number of para-hydroxylation sites is 1. The van der Waals surface area contributed by atoms with Gasteiger partial charge in [0.1, 0.15) is 6.61 Å². The minimum Gasteiger partial charge on any atom is -0.550 e. The second kappa shape index (κ2) is 10.2. The molecule has 4 N–H and O–H groups in total. The first-order valence-electron chi connectivity index (χ1n) is 10.5. The van der Waals surface area contributed by atoms with Gasteiger partial charge in [0.2, 0.25) is 0 Å². The lowest BCUT2D eigenvalue weighted by atomic mass is 9.90. The van der Waals surface area contributed by atoms with Crippen LogP contribution in [-0.2, 0) is 16.0 Å². The lowest BCUT2D eigenvalue weighted by molar-refractivity contribution is -0.712. The predicted molar refractivity (Wildman–Crippen MR) is 121 cm³/mol. The lowest BCUT2D eigenvalue weighted by Gasteiger charge is -2.26. The maximum atomic E-state index is 11.8. The quantitative estimate of drug-likeness (QED) is 0.487. The first kappa shape index (κ1) is 23.9. The summed E-state index contributed by atoms with van der Waals surface area (Å²) in [5.74, 6) is -0.631. The third kappa shape index (κ3) is 5.53. The summed E-state index contributed by atoms with van der Waals surface area (Å²) in [5.41, 5.74) is 5.02. The summed E-state index contributed by atoms with van der Waals surface area (Å²) >= 11 is 0. The van der Waals surface area contributed by atoms with Gasteiger partial charge in [0.25, 0.3) is 0 Å². The normalized spacial score (nSPS) is 16.8. The van der Waals surface area contributed by atoms with E-state index in [4.69, 9.17) is 19.4 Å². The average Bonchev–Trinajstić information content (AvgIpc) is 3.15. The number of carbonyl (C=O) groups is 2. The van der Waals surface area contributed by atoms with Gasteiger partial charge in [-0.1, -0.05) is 24.8 Å². The maximum Gasteiger partial charge on any atom is 0.362 e. The van der Waals surface area contributed by atoms with E-state index in [-0.39, 0.29) is 6.04 Å². The van der Waals surface area contributed by atoms with E-state index in [1.54, 1.807) is 7.11 Å². The lowest BCUT2D eigenvalue weighted by Crippen LogP contribution is -2.94. The number of hydrogen-bond acceptors (Lipinski definition) is 5. The van der Waals surface area contributed by atoms with Crippen LogP contribution in [0.1, 0.15) is 36.7 Å². The molecule has 0 saturated heterocycles. The number of quaternary nitrogens is 1. The highest BCUT2D eigenvalue weighted by Gasteiger charge is 2.37. The zero-order chi connectivity index (χ0) is 24.1. The molecule has 2 aromatic carbocycles. The minimum atomic E-state index is -1.08. The molecule has 0 spiro atoms. The number of aromatic nitrogens is 1. The van der Waals surface area contributed by atoms with Crippen molar-refractivity contribution in [2.45, 2.75) is 32.4 Å². The van der Waals surface area contributed by atoms with Crippen molar-refractivity contribution in [1.82, 2.24) is 4.98 Å². The van der Waals surface area contributed by atoms with Crippen molar-refractivity contribution < 1.29 is 34.6 Å². The monoisotopic (exact) mass is 452 g/mol. The van der Waals surface area contributed by atoms with Gasteiger partial charge in [-0.25, -0.2) is 4.79 Å². The van der Waals surface area contributed by atoms with Crippen LogP contribution in [0, 0.1) is 0 Å². The molecule has 0 aliphatic carbocycles. The molecule has 2 unspecified atom stereocenters. The number of hydrogen-bond donors (Lipinski definition) is 3. The van der Waals surface area contributed by atoms with E-state index < -0.39 is 18.0 Å². The Morgan fingerprint density at radius 3 is 2.55 bits per heavy atom. The molecule has 0 saturated carbocycles. The second-order valence-electron chi connectivity index (χ2n) is 8.03. The molecule has 3 aromatic rings. The summed E-state index contributed by atoms with van der Waals surface area (Å²) in [5, 5.41) is 21.6. The summed E-state index contributed by atoms with van der Waals surface area (Å²) in [6.07, 6.45) is 0.488. The van der Waals surface area contributed by atoms with Crippen LogP contribution in [0.25, 0.3) is 10.9 Å². The zero-order valence-electron chi connectivity index (χ0n) is 18.9. The topological polar surface area (TPSA) is 128 Å². The highest BCUT2D eigenvalue weighted by molar-refractivity contribution is 5.86. The maximum absolute atomic E-state index is 11.8. The Labute approximate surface area is 191 Å². The minimum absolute atomic E-state index is 0.170. The van der Waals surface area contributed by atoms with Gasteiger partial charge in [0, 0.05) is 28.9 Å². The van der Waals surface area contributed by atoms with Crippen LogP contribution < -0.4 is 19.9 Å². The van der Waals surface area contributed by atoms with Gasteiger partial charge in [-0.3, -0.25) is 0 Å². The van der Waals surface area contributed by atoms with E-state index in [1.807, 2.05) is 54.7 Å². The number of H-pyrrole nitrogens is 1. The average molecular weight is 453 g/mol. The number of ether oxygens (including phenoxy) is 2. The van der Waals surface area contributed by atoms with E-state index in [0.717, 1.165) is 40.2 Å². The Kier molecular flexibility index (Phi) is 7.40. The SMILES string of the molecule is C=C(C)COc1ccc(C2[NH2+]C(C(=O)O)Cc3c2[nH]c2ccccc32)cc1OC.CC(=O)[O-]. The number of rotatable bonds is 6. The summed E-state index contributed by atoms with van der Waals surface area (Å²) in [6, 6.07) is 13.1. The number of carboxylic acid groups (broad SMARTS) is 2. The number of benzene rings is 2. The second-order valence-corrected chi connectivity index (χ2v) is 8.03. The van der Waals surface area contributed by atoms with Gasteiger partial charge >= 0.3 is 5.97 Å². The fourth-order valence-corrected chi connectivity index (χ4v) is 3.97. The number of aromatic amines is 1. The Balaban J connectivity index is 0.000000709. The fraction of sp³-hybridized carbons (Fsp3) is 0.280. The van der Waals surface area contributed by atoms with Crippen molar-refractivity contribution in [3.05, 3.63) is 71.4 Å². The third-order valence-electron chi connectivity index (χ3n) is 5.34. The largest absolute Gasteiger partial charge is 0.550 e. The Morgan fingerprint density at radius 1 is 1.21 bits per heavy atom. The molecule has 33 heavy (non-hydrogen) atoms. The molecule has 0 radical (unpaired) electrons. The van der Waals surface area contributed by atoms with Crippen molar-refractivity contribution >= 4 is 22.8 Å². The molecule has 2 heterocycles. The van der Waals surface area contributed by atoms with Crippen molar-refractivity contribution in [2.24, 2.45) is 0 Å². The molecule has 2 atom stereocenters. The van der Waals surface area contributed by atoms with Gasteiger partial charge in [-0.15, -0.1) is 0 Å². The number of carbonyl (C=O) groups excluding carboxylic acids is 1. The molecule has 0 fully saturated rings. The summed E-state index contributed by atoms with van der Waals surface area (Å²) in [7, 11) is 1.60. The van der Waals surface area contributed by atoms with Crippen molar-refractivity contribution in [2.75, 3.05) is 13.7 Å². The van der Waals surface area contributed by atoms with Crippen molar-refractivity contribution in [3.63, 3.8) is 0 Å². The third-order valence-corrected chi connectivity index (χ3v) is 5.34. The zero-order valence-corrected chi connectivity index (χ0v) is 18.9. The van der Waals surface area contributed by atoms with Crippen molar-refractivity contribution in [3.8, 4) is 11.5 Å². The predicted octanol–water partition coefficient (Wildman–Crippen LogP) is 1.55. The van der Waals surface area contributed by atoms with Gasteiger partial charge in [-0.05, 0) is 49.2 Å². The van der Waals surface area contributed by atoms with Crippen LogP contribution in [0.5, 0.6) is 11.5 Å². The molecule has 174 valence electrons. The molecular formula is C25H28N2O6. The summed E-state index contributed by atoms with van der Waals surface area (Å²) in [6.45, 7) is 7.15. The molecule has 0 amide bonds. The molecule has 8 nitrogen and oxygen atoms in total. The van der Waals surface area contributed by atoms with Crippen LogP contribution in [0.15, 0.2) is 54.6 Å². The molecule has 1 aliphatic heterocycles. The van der Waals surface area contributed by atoms with Crippen LogP contribution >= 0.6 is 0 Å². The highest BCUT2D eigenvalue weighted by atomic mass is 16.5. The number of methoxy groups -OCH3 is 1. The fourth-order valence-electron chi connectivity index (χ4n) is 3.97. The number of aliphatic carboxylic acids is 2. The summed E-state index contributed by atoms with van der Waals surface area (Å²) < 4.78 is 11.3. The van der Waals surface area contributed by atoms with E-state index in [2.05, 4.69) is 11.6 Å². The first-order valence-corrected chi connectivity index (χ1v) is 10.5. The number of nitrogens with two attached hydrogens (primary N) is 1. The molecule has 4 rings (SSSR count). The van der Waals surface area contributed by atoms with E-state index in [9.17, 15) is 9.90 Å². The van der Waals surface area contributed by atoms with E-state index in [0.29, 0.717) is 24.5 Å². The molecule has 1 aromatic heterocycles. The molecule has 0 bridgehead atoms. The smallest absolute Gasteiger partial charge is 0.362 e. The number of fused-ring (bicyclic) bond motifs is 3. The Bertz CT molecular complexity index is 1180. The van der Waals surface area contributed by atoms with Gasteiger partial charge in [0.05, 0.1) is 12.8 Å². The highest BCUT2D eigenvalue weighted by Crippen LogP contribution is 2.35. The summed E-state index contributed by atoms with van der Waals surface area (Å²) in [4.78, 5) is 24.2. The van der Waals surface area contributed by atoms with Gasteiger partial charge in [0.15, 0.2) is 23.6 Å². The van der Waals surface area contributed by atoms with E-state index in [1.165, 1.54) is 0 Å². The van der Waals surface area contributed by atoms with Crippen LogP contribution in [0.3, 0.4) is 0 Å². The van der Waals surface area contributed by atoms with E-state index >= 15 is 0 Å². The first-order chi connectivity index (χ1) is 15.7. The van der Waals surface area contributed by atoms with Gasteiger partial charge in [-0.2, -0.15) is 0 Å². The van der Waals surface area contributed by atoms with Crippen LogP contribution in [0.2, 0.25) is 0 Å². The number of nitrogens with one attached hydrogen (secondary N) is 1. The Hall–Kier alpha value is -3.78. The van der Waals surface area contributed by atoms with Crippen LogP contribution in [-0.4, -0.2) is 41.8 Å². The molecule has 8 heteroatoms. The van der Waals surface area contributed by atoms with Crippen molar-refractivity contribution in [1.29, 1.82) is 0 Å². The molecule has 1 aliphatic rings.